The first-order chi connectivity index (χ1) is 7.70. The maximum atomic E-state index is 6.12. The zero-order valence-electron chi connectivity index (χ0n) is 9.05. The third-order valence-electron chi connectivity index (χ3n) is 2.45. The number of allylic oxidation sites excluding steroid dienone is 1. The zero-order valence-corrected chi connectivity index (χ0v) is 10.6. The van der Waals surface area contributed by atoms with Crippen LogP contribution in [0.15, 0.2) is 30.9 Å². The molecule has 0 saturated carbocycles. The van der Waals surface area contributed by atoms with E-state index in [0.29, 0.717) is 10.0 Å². The van der Waals surface area contributed by atoms with Crippen LogP contribution in [0.5, 0.6) is 0 Å². The minimum absolute atomic E-state index is 0.0128. The lowest BCUT2D eigenvalue weighted by Crippen LogP contribution is -2.28. The van der Waals surface area contributed by atoms with E-state index in [-0.39, 0.29) is 6.04 Å². The Morgan fingerprint density at radius 1 is 1.38 bits per heavy atom. The molecule has 0 fully saturated rings. The molecule has 0 radical (unpaired) electrons. The molecule has 0 saturated heterocycles. The highest BCUT2D eigenvalue weighted by Crippen LogP contribution is 2.32. The molecule has 1 rings (SSSR count). The Kier molecular flexibility index (Phi) is 5.85. The first kappa shape index (κ1) is 13.5. The molecule has 0 amide bonds. The molecule has 88 valence electrons. The lowest BCUT2D eigenvalue weighted by molar-refractivity contribution is 0.501. The summed E-state index contributed by atoms with van der Waals surface area (Å²) in [5, 5.41) is 1.29. The van der Waals surface area contributed by atoms with E-state index in [0.717, 1.165) is 24.8 Å². The molecule has 1 aromatic carbocycles. The van der Waals surface area contributed by atoms with Crippen LogP contribution in [0.4, 0.5) is 0 Å². The van der Waals surface area contributed by atoms with Crippen molar-refractivity contribution in [1.29, 1.82) is 0 Å². The molecule has 0 aromatic heterocycles. The fourth-order valence-electron chi connectivity index (χ4n) is 1.62. The minimum atomic E-state index is -0.0128. The Hall–Kier alpha value is -0.540. The highest BCUT2D eigenvalue weighted by Gasteiger charge is 2.15. The number of nitrogens with one attached hydrogen (secondary N) is 1. The topological polar surface area (TPSA) is 38.0 Å². The molecule has 0 aliphatic carbocycles. The average molecular weight is 259 g/mol. The van der Waals surface area contributed by atoms with Gasteiger partial charge < -0.3 is 0 Å². The summed E-state index contributed by atoms with van der Waals surface area (Å²) in [7, 11) is 0. The summed E-state index contributed by atoms with van der Waals surface area (Å²) in [5.74, 6) is 5.53. The number of rotatable bonds is 6. The van der Waals surface area contributed by atoms with Gasteiger partial charge in [-0.15, -0.1) is 6.58 Å². The highest BCUT2D eigenvalue weighted by atomic mass is 35.5. The maximum Gasteiger partial charge on any atom is 0.0489 e. The van der Waals surface area contributed by atoms with Gasteiger partial charge in [0.15, 0.2) is 0 Å². The summed E-state index contributed by atoms with van der Waals surface area (Å²) in [6.45, 7) is 3.69. The summed E-state index contributed by atoms with van der Waals surface area (Å²) < 4.78 is 0. The molecule has 1 atom stereocenters. The number of hydrogen-bond acceptors (Lipinski definition) is 2. The molecule has 3 N–H and O–H groups in total. The molecule has 0 bridgehead atoms. The zero-order chi connectivity index (χ0) is 12.0. The van der Waals surface area contributed by atoms with Gasteiger partial charge in [-0.3, -0.25) is 11.3 Å². The van der Waals surface area contributed by atoms with Gasteiger partial charge in [0, 0.05) is 21.7 Å². The third-order valence-corrected chi connectivity index (χ3v) is 3.11. The number of hydrazine groups is 1. The van der Waals surface area contributed by atoms with Crippen LogP contribution in [0, 0.1) is 0 Å². The first-order valence-electron chi connectivity index (χ1n) is 5.21. The normalized spacial score (nSPS) is 12.4. The van der Waals surface area contributed by atoms with Gasteiger partial charge >= 0.3 is 0 Å². The number of benzene rings is 1. The van der Waals surface area contributed by atoms with Crippen molar-refractivity contribution in [2.24, 2.45) is 5.84 Å². The molecule has 16 heavy (non-hydrogen) atoms. The van der Waals surface area contributed by atoms with Crippen molar-refractivity contribution in [2.45, 2.75) is 25.3 Å². The van der Waals surface area contributed by atoms with E-state index in [1.54, 1.807) is 0 Å². The van der Waals surface area contributed by atoms with Gasteiger partial charge in [0.25, 0.3) is 0 Å². The van der Waals surface area contributed by atoms with Crippen LogP contribution < -0.4 is 11.3 Å². The molecule has 0 spiro atoms. The monoisotopic (exact) mass is 258 g/mol. The lowest BCUT2D eigenvalue weighted by Gasteiger charge is -2.18. The van der Waals surface area contributed by atoms with Crippen molar-refractivity contribution in [2.75, 3.05) is 0 Å². The van der Waals surface area contributed by atoms with Crippen LogP contribution in [0.1, 0.15) is 30.9 Å². The van der Waals surface area contributed by atoms with Gasteiger partial charge in [-0.25, -0.2) is 0 Å². The van der Waals surface area contributed by atoms with Gasteiger partial charge in [-0.05, 0) is 31.4 Å². The van der Waals surface area contributed by atoms with Crippen molar-refractivity contribution in [3.63, 3.8) is 0 Å². The van der Waals surface area contributed by atoms with Crippen molar-refractivity contribution >= 4 is 23.2 Å². The van der Waals surface area contributed by atoms with Gasteiger partial charge in [0.05, 0.1) is 0 Å². The molecular formula is C12H16Cl2N2. The summed E-state index contributed by atoms with van der Waals surface area (Å²) in [4.78, 5) is 0. The number of unbranched alkanes of at least 4 members (excludes halogenated alkanes) is 1. The number of nitrogens with two attached hydrogens (primary N) is 1. The molecule has 1 aromatic rings. The van der Waals surface area contributed by atoms with Gasteiger partial charge in [-0.1, -0.05) is 35.3 Å². The molecule has 1 unspecified atom stereocenters. The van der Waals surface area contributed by atoms with E-state index in [2.05, 4.69) is 12.0 Å². The lowest BCUT2D eigenvalue weighted by atomic mass is 10.0. The standard InChI is InChI=1S/C12H16Cl2N2/c1-2-3-4-8-11(16-15)12-9(13)6-5-7-10(12)14/h2,5-7,11,16H,1,3-4,8,15H2. The highest BCUT2D eigenvalue weighted by molar-refractivity contribution is 6.36. The Labute approximate surface area is 106 Å². The van der Waals surface area contributed by atoms with Gasteiger partial charge in [0.1, 0.15) is 0 Å². The van der Waals surface area contributed by atoms with Crippen LogP contribution >= 0.6 is 23.2 Å². The SMILES string of the molecule is C=CCCCC(NN)c1c(Cl)cccc1Cl. The minimum Gasteiger partial charge on any atom is -0.271 e. The fraction of sp³-hybridized carbons (Fsp3) is 0.333. The quantitative estimate of drug-likeness (QED) is 0.352. The summed E-state index contributed by atoms with van der Waals surface area (Å²) >= 11 is 12.2. The second-order valence-electron chi connectivity index (χ2n) is 3.57. The second kappa shape index (κ2) is 6.92. The molecule has 0 aliphatic heterocycles. The maximum absolute atomic E-state index is 6.12. The van der Waals surface area contributed by atoms with Crippen LogP contribution in [-0.4, -0.2) is 0 Å². The van der Waals surface area contributed by atoms with Crippen molar-refractivity contribution in [3.05, 3.63) is 46.5 Å². The van der Waals surface area contributed by atoms with Crippen molar-refractivity contribution in [3.8, 4) is 0 Å². The molecule has 0 heterocycles. The largest absolute Gasteiger partial charge is 0.271 e. The van der Waals surface area contributed by atoms with Crippen molar-refractivity contribution < 1.29 is 0 Å². The van der Waals surface area contributed by atoms with Crippen LogP contribution in [0.25, 0.3) is 0 Å². The summed E-state index contributed by atoms with van der Waals surface area (Å²) in [5.41, 5.74) is 3.63. The van der Waals surface area contributed by atoms with E-state index >= 15 is 0 Å². The number of halogens is 2. The third kappa shape index (κ3) is 3.49. The molecular weight excluding hydrogens is 243 g/mol. The Morgan fingerprint density at radius 3 is 2.50 bits per heavy atom. The molecule has 0 aliphatic rings. The van der Waals surface area contributed by atoms with Crippen LogP contribution in [0.2, 0.25) is 10.0 Å². The second-order valence-corrected chi connectivity index (χ2v) is 4.39. The van der Waals surface area contributed by atoms with E-state index in [1.165, 1.54) is 0 Å². The predicted molar refractivity (Wildman–Crippen MR) is 70.6 cm³/mol. The fourth-order valence-corrected chi connectivity index (χ4v) is 2.28. The molecule has 2 nitrogen and oxygen atoms in total. The molecule has 4 heteroatoms. The van der Waals surface area contributed by atoms with E-state index in [9.17, 15) is 0 Å². The van der Waals surface area contributed by atoms with Gasteiger partial charge in [0.2, 0.25) is 0 Å². The summed E-state index contributed by atoms with van der Waals surface area (Å²) in [6.07, 6.45) is 4.73. The van der Waals surface area contributed by atoms with Gasteiger partial charge in [-0.2, -0.15) is 0 Å². The Bertz CT molecular complexity index is 333. The average Bonchev–Trinajstić information content (AvgIpc) is 2.26. The smallest absolute Gasteiger partial charge is 0.0489 e. The van der Waals surface area contributed by atoms with Crippen LogP contribution in [0.3, 0.4) is 0 Å². The van der Waals surface area contributed by atoms with E-state index in [1.807, 2.05) is 24.3 Å². The van der Waals surface area contributed by atoms with E-state index in [4.69, 9.17) is 29.0 Å². The van der Waals surface area contributed by atoms with Crippen LogP contribution in [-0.2, 0) is 0 Å². The first-order valence-corrected chi connectivity index (χ1v) is 5.97. The summed E-state index contributed by atoms with van der Waals surface area (Å²) in [6, 6.07) is 5.45. The van der Waals surface area contributed by atoms with Crippen molar-refractivity contribution in [1.82, 2.24) is 5.43 Å². The predicted octanol–water partition coefficient (Wildman–Crippen LogP) is 3.85. The Balaban J connectivity index is 2.81. The van der Waals surface area contributed by atoms with E-state index < -0.39 is 0 Å². The number of hydrogen-bond donors (Lipinski definition) is 2. The Morgan fingerprint density at radius 2 is 2.00 bits per heavy atom.